The maximum Gasteiger partial charge on any atom is 0.505 e. The number of carboxylic acids is 2. The molecule has 0 saturated heterocycles. The fourth-order valence-corrected chi connectivity index (χ4v) is 7.68. The standard InChI is InChI=1S/C29H64NO3Si.C4H6O6/c1-7-10-11-12-13-14-15-16-17-18-19-20-21-22-23-24-27-30(25-8-2,26-9-3)28-29-34(31-4,32-5)33-6;5-1(3(7)8)2(6)4(9)10/h7-29H2,1-6H3;1-2,5-6H,(H,7,8)(H,9,10)/q+1;. The molecule has 264 valence electrons. The van der Waals surface area contributed by atoms with Crippen molar-refractivity contribution >= 4 is 20.7 Å². The number of aliphatic carboxylic acids is 2. The van der Waals surface area contributed by atoms with Gasteiger partial charge in [0.05, 0.1) is 32.2 Å². The summed E-state index contributed by atoms with van der Waals surface area (Å²) in [4.78, 5) is 19.5. The van der Waals surface area contributed by atoms with Crippen molar-refractivity contribution in [2.75, 3.05) is 47.5 Å². The van der Waals surface area contributed by atoms with Gasteiger partial charge in [-0.3, -0.25) is 0 Å². The third-order valence-electron chi connectivity index (χ3n) is 8.51. The Kier molecular flexibility index (Phi) is 30.0. The number of aliphatic hydroxyl groups is 2. The second-order valence-electron chi connectivity index (χ2n) is 12.2. The van der Waals surface area contributed by atoms with Gasteiger partial charge in [-0.15, -0.1) is 0 Å². The topological polar surface area (TPSA) is 143 Å². The minimum atomic E-state index is -2.49. The molecule has 0 radical (unpaired) electrons. The third-order valence-corrected chi connectivity index (χ3v) is 11.2. The molecule has 2 unspecified atom stereocenters. The average Bonchev–Trinajstić information content (AvgIpc) is 3.01. The molecule has 0 aromatic heterocycles. The highest BCUT2D eigenvalue weighted by Crippen LogP contribution is 2.21. The third kappa shape index (κ3) is 22.4. The summed E-state index contributed by atoms with van der Waals surface area (Å²) in [6, 6.07) is 0.912. The minimum absolute atomic E-state index is 0.912. The van der Waals surface area contributed by atoms with Crippen LogP contribution in [0.2, 0.25) is 6.04 Å². The Bertz CT molecular complexity index is 647. The molecule has 0 saturated carbocycles. The van der Waals surface area contributed by atoms with Crippen LogP contribution in [0, 0.1) is 0 Å². The van der Waals surface area contributed by atoms with Crippen LogP contribution < -0.4 is 0 Å². The van der Waals surface area contributed by atoms with Crippen LogP contribution in [0.25, 0.3) is 0 Å². The molecule has 0 heterocycles. The zero-order valence-electron chi connectivity index (χ0n) is 29.2. The lowest BCUT2D eigenvalue weighted by Gasteiger charge is -2.40. The molecule has 0 aliphatic heterocycles. The van der Waals surface area contributed by atoms with E-state index in [2.05, 4.69) is 20.8 Å². The molecule has 0 aliphatic rings. The summed E-state index contributed by atoms with van der Waals surface area (Å²) in [6.45, 7) is 11.9. The molecule has 0 spiro atoms. The summed E-state index contributed by atoms with van der Waals surface area (Å²) in [6.07, 6.45) is 20.8. The van der Waals surface area contributed by atoms with E-state index in [9.17, 15) is 9.59 Å². The van der Waals surface area contributed by atoms with Crippen LogP contribution >= 0.6 is 0 Å². The van der Waals surface area contributed by atoms with Crippen molar-refractivity contribution in [3.05, 3.63) is 0 Å². The fourth-order valence-electron chi connectivity index (χ4n) is 5.82. The highest BCUT2D eigenvalue weighted by Gasteiger charge is 2.41. The van der Waals surface area contributed by atoms with Gasteiger partial charge in [0.1, 0.15) is 0 Å². The Morgan fingerprint density at radius 2 is 0.841 bits per heavy atom. The number of nitrogens with zero attached hydrogens (tertiary/aromatic N) is 1. The molecule has 0 aromatic rings. The fraction of sp³-hybridized carbons (Fsp3) is 0.939. The highest BCUT2D eigenvalue weighted by atomic mass is 28.4. The van der Waals surface area contributed by atoms with E-state index in [0.717, 1.165) is 12.6 Å². The van der Waals surface area contributed by atoms with Gasteiger partial charge in [-0.1, -0.05) is 111 Å². The van der Waals surface area contributed by atoms with Crippen LogP contribution in [0.15, 0.2) is 0 Å². The Balaban J connectivity index is 0. The monoisotopic (exact) mass is 652 g/mol. The number of unbranched alkanes of at least 4 members (excludes halogenated alkanes) is 15. The Morgan fingerprint density at radius 3 is 1.11 bits per heavy atom. The van der Waals surface area contributed by atoms with Gasteiger partial charge in [0, 0.05) is 21.3 Å². The van der Waals surface area contributed by atoms with Crippen molar-refractivity contribution < 1.29 is 47.8 Å². The lowest BCUT2D eigenvalue weighted by molar-refractivity contribution is -0.927. The Labute approximate surface area is 270 Å². The molecular weight excluding hydrogens is 582 g/mol. The number of aliphatic hydroxyl groups excluding tert-OH is 2. The summed E-state index contributed by atoms with van der Waals surface area (Å²) in [5, 5.41) is 32.5. The van der Waals surface area contributed by atoms with E-state index in [-0.39, 0.29) is 0 Å². The maximum absolute atomic E-state index is 9.77. The molecule has 0 rings (SSSR count). The molecule has 2 atom stereocenters. The minimum Gasteiger partial charge on any atom is -0.479 e. The van der Waals surface area contributed by atoms with Crippen molar-refractivity contribution in [1.29, 1.82) is 0 Å². The summed E-state index contributed by atoms with van der Waals surface area (Å²) in [5.41, 5.74) is 0. The Morgan fingerprint density at radius 1 is 0.523 bits per heavy atom. The van der Waals surface area contributed by atoms with Crippen LogP contribution in [-0.4, -0.2) is 105 Å². The predicted octanol–water partition coefficient (Wildman–Crippen LogP) is 6.64. The molecule has 0 amide bonds. The van der Waals surface area contributed by atoms with Crippen molar-refractivity contribution in [2.45, 2.75) is 155 Å². The van der Waals surface area contributed by atoms with Gasteiger partial charge in [-0.25, -0.2) is 9.59 Å². The first-order valence-corrected chi connectivity index (χ1v) is 19.3. The summed E-state index contributed by atoms with van der Waals surface area (Å²) in [7, 11) is 2.73. The van der Waals surface area contributed by atoms with Crippen molar-refractivity contribution in [3.8, 4) is 0 Å². The normalized spacial score (nSPS) is 13.3. The van der Waals surface area contributed by atoms with Crippen LogP contribution in [0.4, 0.5) is 0 Å². The van der Waals surface area contributed by atoms with E-state index in [1.165, 1.54) is 140 Å². The smallest absolute Gasteiger partial charge is 0.479 e. The highest BCUT2D eigenvalue weighted by molar-refractivity contribution is 6.60. The van der Waals surface area contributed by atoms with Crippen LogP contribution in [0.5, 0.6) is 0 Å². The largest absolute Gasteiger partial charge is 0.505 e. The number of carboxylic acid groups (broad SMARTS) is 2. The quantitative estimate of drug-likeness (QED) is 0.0381. The second-order valence-corrected chi connectivity index (χ2v) is 15.2. The lowest BCUT2D eigenvalue weighted by Crippen LogP contribution is -2.54. The number of hydrogen-bond donors (Lipinski definition) is 4. The second kappa shape index (κ2) is 29.3. The van der Waals surface area contributed by atoms with Crippen LogP contribution in [0.3, 0.4) is 0 Å². The summed E-state index contributed by atoms with van der Waals surface area (Å²) in [5.74, 6) is -3.54. The number of quaternary nitrogens is 1. The van der Waals surface area contributed by atoms with Gasteiger partial charge in [0.15, 0.2) is 12.2 Å². The van der Waals surface area contributed by atoms with Gasteiger partial charge < -0.3 is 38.2 Å². The zero-order valence-corrected chi connectivity index (χ0v) is 30.2. The SMILES string of the molecule is CCCCCCCCCCCCCCCCCC[N+](CCC)(CCC)CC[Si](OC)(OC)OC.O=C(O)C(O)C(O)C(=O)O. The Hall–Kier alpha value is -1.08. The molecule has 10 nitrogen and oxygen atoms in total. The zero-order chi connectivity index (χ0) is 33.7. The van der Waals surface area contributed by atoms with E-state index < -0.39 is 33.0 Å². The molecule has 0 fully saturated rings. The van der Waals surface area contributed by atoms with Crippen LogP contribution in [-0.2, 0) is 22.9 Å². The molecule has 0 aromatic carbocycles. The molecule has 11 heteroatoms. The molecule has 0 aliphatic carbocycles. The van der Waals surface area contributed by atoms with Gasteiger partial charge >= 0.3 is 20.7 Å². The van der Waals surface area contributed by atoms with Gasteiger partial charge in [-0.2, -0.15) is 0 Å². The van der Waals surface area contributed by atoms with Crippen molar-refractivity contribution in [2.24, 2.45) is 0 Å². The van der Waals surface area contributed by atoms with Crippen molar-refractivity contribution in [3.63, 3.8) is 0 Å². The first kappa shape index (κ1) is 45.0. The van der Waals surface area contributed by atoms with E-state index in [1.54, 1.807) is 21.3 Å². The lowest BCUT2D eigenvalue weighted by atomic mass is 10.0. The first-order valence-electron chi connectivity index (χ1n) is 17.4. The van der Waals surface area contributed by atoms with Gasteiger partial charge in [0.25, 0.3) is 0 Å². The summed E-state index contributed by atoms with van der Waals surface area (Å²) < 4.78 is 18.3. The molecule has 44 heavy (non-hydrogen) atoms. The molecular formula is C33H70NO9Si+. The van der Waals surface area contributed by atoms with E-state index in [0.29, 0.717) is 0 Å². The van der Waals surface area contributed by atoms with Crippen molar-refractivity contribution in [1.82, 2.24) is 0 Å². The average molecular weight is 653 g/mol. The van der Waals surface area contributed by atoms with Crippen LogP contribution in [0.1, 0.15) is 136 Å². The number of hydrogen-bond acceptors (Lipinski definition) is 7. The first-order chi connectivity index (χ1) is 21.0. The molecule has 0 bridgehead atoms. The number of rotatable bonds is 30. The maximum atomic E-state index is 9.77. The predicted molar refractivity (Wildman–Crippen MR) is 179 cm³/mol. The van der Waals surface area contributed by atoms with E-state index in [4.69, 9.17) is 33.7 Å². The molecule has 4 N–H and O–H groups in total. The van der Waals surface area contributed by atoms with E-state index in [1.807, 2.05) is 0 Å². The van der Waals surface area contributed by atoms with Gasteiger partial charge in [0.2, 0.25) is 0 Å². The van der Waals surface area contributed by atoms with Gasteiger partial charge in [-0.05, 0) is 25.7 Å². The summed E-state index contributed by atoms with van der Waals surface area (Å²) >= 11 is 0. The number of carbonyl (C=O) groups is 2. The van der Waals surface area contributed by atoms with E-state index >= 15 is 0 Å².